The third-order valence-corrected chi connectivity index (χ3v) is 3.73. The van der Waals surface area contributed by atoms with Gasteiger partial charge in [0.15, 0.2) is 0 Å². The molecule has 0 aromatic heterocycles. The van der Waals surface area contributed by atoms with Crippen molar-refractivity contribution in [1.29, 1.82) is 0 Å². The van der Waals surface area contributed by atoms with Crippen LogP contribution in [0, 0.1) is 6.92 Å². The standard InChI is InChI=1S/C12H18OS/c1-9-4-6-12(7-5-9)8-14-11(3)10(2)13/h4-7,10-11,13H,8H2,1-3H3. The van der Waals surface area contributed by atoms with Crippen LogP contribution in [-0.2, 0) is 5.75 Å². The fourth-order valence-corrected chi connectivity index (χ4v) is 1.98. The largest absolute Gasteiger partial charge is 0.392 e. The van der Waals surface area contributed by atoms with Crippen molar-refractivity contribution < 1.29 is 5.11 Å². The van der Waals surface area contributed by atoms with E-state index in [0.29, 0.717) is 5.25 Å². The van der Waals surface area contributed by atoms with Crippen LogP contribution in [0.4, 0.5) is 0 Å². The summed E-state index contributed by atoms with van der Waals surface area (Å²) < 4.78 is 0. The van der Waals surface area contributed by atoms with E-state index in [1.54, 1.807) is 11.8 Å². The number of aliphatic hydroxyl groups excluding tert-OH is 1. The SMILES string of the molecule is Cc1ccc(CSC(C)C(C)O)cc1. The Morgan fingerprint density at radius 1 is 1.21 bits per heavy atom. The average Bonchev–Trinajstić information content (AvgIpc) is 2.16. The third kappa shape index (κ3) is 3.72. The van der Waals surface area contributed by atoms with E-state index < -0.39 is 0 Å². The monoisotopic (exact) mass is 210 g/mol. The van der Waals surface area contributed by atoms with Gasteiger partial charge in [-0.2, -0.15) is 11.8 Å². The van der Waals surface area contributed by atoms with Crippen molar-refractivity contribution in [2.24, 2.45) is 0 Å². The molecule has 2 atom stereocenters. The molecule has 78 valence electrons. The van der Waals surface area contributed by atoms with E-state index in [0.717, 1.165) is 5.75 Å². The second-order valence-electron chi connectivity index (χ2n) is 3.74. The molecule has 0 amide bonds. The molecular weight excluding hydrogens is 192 g/mol. The lowest BCUT2D eigenvalue weighted by atomic mass is 10.2. The van der Waals surface area contributed by atoms with Crippen LogP contribution in [0.1, 0.15) is 25.0 Å². The van der Waals surface area contributed by atoms with Gasteiger partial charge in [-0.25, -0.2) is 0 Å². The van der Waals surface area contributed by atoms with Crippen LogP contribution >= 0.6 is 11.8 Å². The van der Waals surface area contributed by atoms with Crippen LogP contribution in [0.5, 0.6) is 0 Å². The van der Waals surface area contributed by atoms with Crippen molar-refractivity contribution in [2.75, 3.05) is 0 Å². The van der Waals surface area contributed by atoms with Crippen molar-refractivity contribution in [3.8, 4) is 0 Å². The fraction of sp³-hybridized carbons (Fsp3) is 0.500. The number of benzene rings is 1. The van der Waals surface area contributed by atoms with E-state index >= 15 is 0 Å². The summed E-state index contributed by atoms with van der Waals surface area (Å²) in [5.41, 5.74) is 2.62. The van der Waals surface area contributed by atoms with Gasteiger partial charge in [-0.05, 0) is 19.4 Å². The normalized spacial score (nSPS) is 15.1. The summed E-state index contributed by atoms with van der Waals surface area (Å²) in [5, 5.41) is 9.62. The van der Waals surface area contributed by atoms with Crippen LogP contribution < -0.4 is 0 Å². The molecule has 0 aliphatic rings. The van der Waals surface area contributed by atoms with Gasteiger partial charge in [0, 0.05) is 11.0 Å². The van der Waals surface area contributed by atoms with Gasteiger partial charge >= 0.3 is 0 Å². The van der Waals surface area contributed by atoms with Crippen LogP contribution in [0.2, 0.25) is 0 Å². The van der Waals surface area contributed by atoms with Crippen molar-refractivity contribution in [3.63, 3.8) is 0 Å². The minimum Gasteiger partial charge on any atom is -0.392 e. The third-order valence-electron chi connectivity index (χ3n) is 2.31. The van der Waals surface area contributed by atoms with Crippen molar-refractivity contribution in [3.05, 3.63) is 35.4 Å². The molecule has 0 spiro atoms. The Kier molecular flexibility index (Phi) is 4.49. The van der Waals surface area contributed by atoms with Crippen LogP contribution in [0.3, 0.4) is 0 Å². The zero-order valence-corrected chi connectivity index (χ0v) is 9.84. The van der Waals surface area contributed by atoms with Crippen LogP contribution in [0.25, 0.3) is 0 Å². The summed E-state index contributed by atoms with van der Waals surface area (Å²) in [6.45, 7) is 5.99. The Labute approximate surface area is 90.5 Å². The molecule has 0 fully saturated rings. The number of aryl methyl sites for hydroxylation is 1. The van der Waals surface area contributed by atoms with Gasteiger partial charge in [-0.15, -0.1) is 0 Å². The van der Waals surface area contributed by atoms with Crippen LogP contribution in [-0.4, -0.2) is 16.5 Å². The lowest BCUT2D eigenvalue weighted by Crippen LogP contribution is -2.15. The Morgan fingerprint density at radius 2 is 1.79 bits per heavy atom. The fourth-order valence-electron chi connectivity index (χ4n) is 1.05. The van der Waals surface area contributed by atoms with Crippen molar-refractivity contribution >= 4 is 11.8 Å². The maximum Gasteiger partial charge on any atom is 0.0628 e. The van der Waals surface area contributed by atoms with E-state index in [-0.39, 0.29) is 6.10 Å². The number of hydrogen-bond donors (Lipinski definition) is 1. The first-order valence-electron chi connectivity index (χ1n) is 4.95. The average molecular weight is 210 g/mol. The first-order chi connectivity index (χ1) is 6.59. The highest BCUT2D eigenvalue weighted by atomic mass is 32.2. The van der Waals surface area contributed by atoms with E-state index in [1.807, 2.05) is 6.92 Å². The zero-order valence-electron chi connectivity index (χ0n) is 9.03. The van der Waals surface area contributed by atoms with Gasteiger partial charge < -0.3 is 5.11 Å². The van der Waals surface area contributed by atoms with E-state index in [4.69, 9.17) is 0 Å². The molecule has 0 bridgehead atoms. The summed E-state index contributed by atoms with van der Waals surface area (Å²) >= 11 is 1.79. The predicted molar refractivity (Wildman–Crippen MR) is 63.6 cm³/mol. The summed E-state index contributed by atoms with van der Waals surface area (Å²) in [7, 11) is 0. The highest BCUT2D eigenvalue weighted by Crippen LogP contribution is 2.20. The lowest BCUT2D eigenvalue weighted by Gasteiger charge is -2.13. The molecular formula is C12H18OS. The molecule has 0 heterocycles. The Bertz CT molecular complexity index is 266. The predicted octanol–water partition coefficient (Wildman–Crippen LogP) is 3.00. The molecule has 1 aromatic carbocycles. The second kappa shape index (κ2) is 5.42. The quantitative estimate of drug-likeness (QED) is 0.824. The number of rotatable bonds is 4. The summed E-state index contributed by atoms with van der Waals surface area (Å²) in [6, 6.07) is 8.56. The van der Waals surface area contributed by atoms with E-state index in [1.165, 1.54) is 11.1 Å². The molecule has 1 aromatic rings. The van der Waals surface area contributed by atoms with Crippen molar-refractivity contribution in [1.82, 2.24) is 0 Å². The molecule has 14 heavy (non-hydrogen) atoms. The van der Waals surface area contributed by atoms with Gasteiger partial charge in [0.1, 0.15) is 0 Å². The van der Waals surface area contributed by atoms with Gasteiger partial charge in [-0.1, -0.05) is 36.8 Å². The molecule has 2 heteroatoms. The first-order valence-corrected chi connectivity index (χ1v) is 5.99. The molecule has 0 aliphatic carbocycles. The van der Waals surface area contributed by atoms with Gasteiger partial charge in [0.2, 0.25) is 0 Å². The second-order valence-corrected chi connectivity index (χ2v) is 5.11. The summed E-state index contributed by atoms with van der Waals surface area (Å²) in [4.78, 5) is 0. The molecule has 2 unspecified atom stereocenters. The Balaban J connectivity index is 2.42. The van der Waals surface area contributed by atoms with E-state index in [9.17, 15) is 5.11 Å². The Morgan fingerprint density at radius 3 is 2.29 bits per heavy atom. The Hall–Kier alpha value is -0.470. The van der Waals surface area contributed by atoms with Gasteiger partial charge in [0.25, 0.3) is 0 Å². The van der Waals surface area contributed by atoms with E-state index in [2.05, 4.69) is 38.1 Å². The zero-order chi connectivity index (χ0) is 10.6. The lowest BCUT2D eigenvalue weighted by molar-refractivity contribution is 0.196. The summed E-state index contributed by atoms with van der Waals surface area (Å²) in [6.07, 6.45) is -0.231. The minimum atomic E-state index is -0.231. The highest BCUT2D eigenvalue weighted by Gasteiger charge is 2.08. The summed E-state index contributed by atoms with van der Waals surface area (Å²) in [5.74, 6) is 0.979. The molecule has 0 saturated heterocycles. The molecule has 1 N–H and O–H groups in total. The maximum atomic E-state index is 9.32. The molecule has 1 nitrogen and oxygen atoms in total. The van der Waals surface area contributed by atoms with Crippen molar-refractivity contribution in [2.45, 2.75) is 37.9 Å². The number of hydrogen-bond acceptors (Lipinski definition) is 2. The van der Waals surface area contributed by atoms with Gasteiger partial charge in [0.05, 0.1) is 6.10 Å². The molecule has 0 saturated carbocycles. The first kappa shape index (κ1) is 11.6. The number of aliphatic hydroxyl groups is 1. The smallest absolute Gasteiger partial charge is 0.0628 e. The maximum absolute atomic E-state index is 9.32. The molecule has 0 radical (unpaired) electrons. The minimum absolute atomic E-state index is 0.231. The van der Waals surface area contributed by atoms with Crippen LogP contribution in [0.15, 0.2) is 24.3 Å². The topological polar surface area (TPSA) is 20.2 Å². The van der Waals surface area contributed by atoms with Gasteiger partial charge in [-0.3, -0.25) is 0 Å². The molecule has 0 aliphatic heterocycles. The molecule has 1 rings (SSSR count). The number of thioether (sulfide) groups is 1. The highest BCUT2D eigenvalue weighted by molar-refractivity contribution is 7.99.